The Hall–Kier alpha value is -4.99. The lowest BCUT2D eigenvalue weighted by molar-refractivity contribution is 0.0937. The summed E-state index contributed by atoms with van der Waals surface area (Å²) in [6, 6.07) is 14.8. The van der Waals surface area contributed by atoms with Crippen molar-refractivity contribution in [1.29, 1.82) is 0 Å². The van der Waals surface area contributed by atoms with Gasteiger partial charge in [0.1, 0.15) is 11.4 Å². The van der Waals surface area contributed by atoms with Crippen molar-refractivity contribution < 1.29 is 19.1 Å². The SMILES string of the molecule is COc1ccc(-c2n[nH]c3c2C(=O)c2c(NC(=O)NNC(=O)c4cccnc4)cccc2-3)cc1. The second kappa shape index (κ2) is 8.51. The number of ketones is 1. The van der Waals surface area contributed by atoms with Crippen LogP contribution in [0.15, 0.2) is 67.0 Å². The number of carbonyl (C=O) groups is 3. The fraction of sp³-hybridized carbons (Fsp3) is 0.0417. The van der Waals surface area contributed by atoms with Crippen LogP contribution in [0.4, 0.5) is 10.5 Å². The van der Waals surface area contributed by atoms with Gasteiger partial charge >= 0.3 is 6.03 Å². The number of aromatic nitrogens is 3. The third kappa shape index (κ3) is 3.62. The summed E-state index contributed by atoms with van der Waals surface area (Å²) >= 11 is 0. The molecule has 0 fully saturated rings. The highest BCUT2D eigenvalue weighted by molar-refractivity contribution is 6.27. The Morgan fingerprint density at radius 2 is 1.79 bits per heavy atom. The number of fused-ring (bicyclic) bond motifs is 3. The van der Waals surface area contributed by atoms with Crippen molar-refractivity contribution >= 4 is 23.4 Å². The molecular weight excluding hydrogens is 436 g/mol. The van der Waals surface area contributed by atoms with Gasteiger partial charge in [-0.2, -0.15) is 5.10 Å². The summed E-state index contributed by atoms with van der Waals surface area (Å²) in [5, 5.41) is 9.91. The third-order valence-corrected chi connectivity index (χ3v) is 5.38. The van der Waals surface area contributed by atoms with Gasteiger partial charge in [-0.1, -0.05) is 12.1 Å². The number of methoxy groups -OCH3 is 1. The fourth-order valence-corrected chi connectivity index (χ4v) is 3.79. The summed E-state index contributed by atoms with van der Waals surface area (Å²) in [5.74, 6) is -0.0960. The molecule has 0 saturated heterocycles. The van der Waals surface area contributed by atoms with Gasteiger partial charge in [0.15, 0.2) is 5.78 Å². The zero-order valence-electron chi connectivity index (χ0n) is 17.9. The van der Waals surface area contributed by atoms with Crippen LogP contribution in [0.2, 0.25) is 0 Å². The molecule has 0 unspecified atom stereocenters. The lowest BCUT2D eigenvalue weighted by Crippen LogP contribution is -2.44. The Morgan fingerprint density at radius 1 is 0.971 bits per heavy atom. The Balaban J connectivity index is 1.36. The fourth-order valence-electron chi connectivity index (χ4n) is 3.79. The van der Waals surface area contributed by atoms with E-state index in [1.54, 1.807) is 49.6 Å². The van der Waals surface area contributed by atoms with E-state index in [4.69, 9.17) is 4.74 Å². The molecule has 0 bridgehead atoms. The molecule has 1 aliphatic rings. The van der Waals surface area contributed by atoms with Crippen LogP contribution in [-0.4, -0.2) is 40.0 Å². The van der Waals surface area contributed by atoms with Crippen LogP contribution < -0.4 is 20.9 Å². The highest BCUT2D eigenvalue weighted by Gasteiger charge is 2.35. The van der Waals surface area contributed by atoms with Crippen LogP contribution in [0.3, 0.4) is 0 Å². The number of nitrogens with one attached hydrogen (secondary N) is 4. The number of nitrogens with zero attached hydrogens (tertiary/aromatic N) is 2. The van der Waals surface area contributed by atoms with Crippen molar-refractivity contribution in [3.8, 4) is 28.3 Å². The number of benzene rings is 2. The van der Waals surface area contributed by atoms with Crippen molar-refractivity contribution in [1.82, 2.24) is 26.0 Å². The van der Waals surface area contributed by atoms with Crippen LogP contribution >= 0.6 is 0 Å². The monoisotopic (exact) mass is 454 g/mol. The normalized spacial score (nSPS) is 11.4. The maximum atomic E-state index is 13.4. The number of pyridine rings is 1. The van der Waals surface area contributed by atoms with Crippen LogP contribution in [0.1, 0.15) is 26.3 Å². The molecule has 1 aliphatic carbocycles. The van der Waals surface area contributed by atoms with E-state index in [0.717, 1.165) is 5.56 Å². The standard InChI is InChI=1S/C24H18N6O4/c1-34-15-9-7-13(8-10-15)20-19-21(28-27-20)16-5-2-6-17(18(16)22(19)31)26-24(33)30-29-23(32)14-4-3-11-25-12-14/h2-12H,1H3,(H,27,28)(H,29,32)(H2,26,30,33). The van der Waals surface area contributed by atoms with Gasteiger partial charge in [-0.05, 0) is 42.5 Å². The molecule has 10 nitrogen and oxygen atoms in total. The number of aromatic amines is 1. The van der Waals surface area contributed by atoms with Crippen molar-refractivity contribution in [3.63, 3.8) is 0 Å². The van der Waals surface area contributed by atoms with Crippen molar-refractivity contribution in [3.05, 3.63) is 83.7 Å². The molecule has 0 aliphatic heterocycles. The number of H-pyrrole nitrogens is 1. The summed E-state index contributed by atoms with van der Waals surface area (Å²) in [4.78, 5) is 41.8. The summed E-state index contributed by atoms with van der Waals surface area (Å²) in [7, 11) is 1.58. The van der Waals surface area contributed by atoms with Gasteiger partial charge in [-0.25, -0.2) is 10.2 Å². The molecule has 2 aromatic carbocycles. The first-order valence-corrected chi connectivity index (χ1v) is 10.2. The second-order valence-corrected chi connectivity index (χ2v) is 7.38. The first kappa shape index (κ1) is 20.9. The largest absolute Gasteiger partial charge is 0.497 e. The number of carbonyl (C=O) groups excluding carboxylic acids is 3. The van der Waals surface area contributed by atoms with Gasteiger partial charge in [0, 0.05) is 23.5 Å². The van der Waals surface area contributed by atoms with Crippen LogP contribution in [0, 0.1) is 0 Å². The van der Waals surface area contributed by atoms with E-state index in [9.17, 15) is 14.4 Å². The molecule has 2 heterocycles. The Labute approximate surface area is 193 Å². The van der Waals surface area contributed by atoms with Crippen molar-refractivity contribution in [2.24, 2.45) is 0 Å². The molecule has 4 aromatic rings. The average Bonchev–Trinajstić information content (AvgIpc) is 3.43. The number of rotatable bonds is 4. The van der Waals surface area contributed by atoms with Gasteiger partial charge in [0.25, 0.3) is 5.91 Å². The molecular formula is C24H18N6O4. The van der Waals surface area contributed by atoms with Crippen LogP contribution in [0.5, 0.6) is 5.75 Å². The number of anilines is 1. The number of ether oxygens (including phenoxy) is 1. The van der Waals surface area contributed by atoms with E-state index in [0.29, 0.717) is 39.5 Å². The zero-order chi connectivity index (χ0) is 23.7. The number of hydrogen-bond acceptors (Lipinski definition) is 6. The third-order valence-electron chi connectivity index (χ3n) is 5.38. The highest BCUT2D eigenvalue weighted by Crippen LogP contribution is 2.43. The van der Waals surface area contributed by atoms with E-state index < -0.39 is 11.9 Å². The van der Waals surface area contributed by atoms with E-state index in [-0.39, 0.29) is 11.3 Å². The summed E-state index contributed by atoms with van der Waals surface area (Å²) in [6.07, 6.45) is 2.91. The molecule has 2 aromatic heterocycles. The van der Waals surface area contributed by atoms with E-state index in [2.05, 4.69) is 31.3 Å². The smallest absolute Gasteiger partial charge is 0.337 e. The predicted molar refractivity (Wildman–Crippen MR) is 123 cm³/mol. The summed E-state index contributed by atoms with van der Waals surface area (Å²) in [5.41, 5.74) is 8.42. The molecule has 0 radical (unpaired) electrons. The quantitative estimate of drug-likeness (QED) is 0.308. The maximum absolute atomic E-state index is 13.4. The molecule has 10 heteroatoms. The minimum absolute atomic E-state index is 0.264. The summed E-state index contributed by atoms with van der Waals surface area (Å²) < 4.78 is 5.19. The van der Waals surface area contributed by atoms with Crippen LogP contribution in [0.25, 0.3) is 22.5 Å². The van der Waals surface area contributed by atoms with Gasteiger partial charge in [0.05, 0.1) is 35.2 Å². The van der Waals surface area contributed by atoms with Crippen molar-refractivity contribution in [2.45, 2.75) is 0 Å². The number of urea groups is 1. The molecule has 4 N–H and O–H groups in total. The lowest BCUT2D eigenvalue weighted by Gasteiger charge is -2.11. The Morgan fingerprint density at radius 3 is 2.53 bits per heavy atom. The number of hydrazine groups is 1. The topological polar surface area (TPSA) is 138 Å². The molecule has 0 spiro atoms. The first-order chi connectivity index (χ1) is 16.6. The zero-order valence-corrected chi connectivity index (χ0v) is 17.9. The van der Waals surface area contributed by atoms with E-state index in [1.807, 2.05) is 12.1 Å². The van der Waals surface area contributed by atoms with Gasteiger partial charge in [0.2, 0.25) is 0 Å². The van der Waals surface area contributed by atoms with Crippen molar-refractivity contribution in [2.75, 3.05) is 12.4 Å². The van der Waals surface area contributed by atoms with E-state index >= 15 is 0 Å². The van der Waals surface area contributed by atoms with E-state index in [1.165, 1.54) is 12.4 Å². The molecule has 3 amide bonds. The minimum Gasteiger partial charge on any atom is -0.497 e. The lowest BCUT2D eigenvalue weighted by atomic mass is 10.0. The summed E-state index contributed by atoms with van der Waals surface area (Å²) in [6.45, 7) is 0. The molecule has 0 saturated carbocycles. The number of hydrogen-bond donors (Lipinski definition) is 4. The van der Waals surface area contributed by atoms with Gasteiger partial charge in [-0.15, -0.1) is 0 Å². The highest BCUT2D eigenvalue weighted by atomic mass is 16.5. The molecule has 5 rings (SSSR count). The molecule has 34 heavy (non-hydrogen) atoms. The molecule has 0 atom stereocenters. The second-order valence-electron chi connectivity index (χ2n) is 7.38. The Kier molecular flexibility index (Phi) is 5.23. The average molecular weight is 454 g/mol. The first-order valence-electron chi connectivity index (χ1n) is 10.2. The van der Waals surface area contributed by atoms with Gasteiger partial charge in [-0.3, -0.25) is 25.1 Å². The maximum Gasteiger partial charge on any atom is 0.337 e. The molecule has 168 valence electrons. The predicted octanol–water partition coefficient (Wildman–Crippen LogP) is 3.16. The minimum atomic E-state index is -0.706. The van der Waals surface area contributed by atoms with Crippen LogP contribution in [-0.2, 0) is 0 Å². The van der Waals surface area contributed by atoms with Gasteiger partial charge < -0.3 is 10.1 Å². The Bertz CT molecular complexity index is 1410. The number of amides is 3.